The van der Waals surface area contributed by atoms with Crippen LogP contribution in [0.5, 0.6) is 5.75 Å². The zero-order valence-corrected chi connectivity index (χ0v) is 18.2. The minimum absolute atomic E-state index is 0.0209. The van der Waals surface area contributed by atoms with Crippen molar-refractivity contribution in [3.63, 3.8) is 0 Å². The zero-order valence-electron chi connectivity index (χ0n) is 16.6. The van der Waals surface area contributed by atoms with Crippen LogP contribution in [-0.2, 0) is 14.9 Å². The van der Waals surface area contributed by atoms with E-state index in [0.717, 1.165) is 24.3 Å². The summed E-state index contributed by atoms with van der Waals surface area (Å²) in [4.78, 5) is 22.2. The summed E-state index contributed by atoms with van der Waals surface area (Å²) in [5, 5.41) is 23.0. The van der Waals surface area contributed by atoms with Crippen LogP contribution in [0, 0.1) is 21.4 Å². The Labute approximate surface area is 193 Å². The fourth-order valence-corrected chi connectivity index (χ4v) is 3.73. The van der Waals surface area contributed by atoms with E-state index in [9.17, 15) is 28.6 Å². The Morgan fingerprint density at radius 2 is 1.76 bits per heavy atom. The van der Waals surface area contributed by atoms with Crippen LogP contribution in [0.1, 0.15) is 5.56 Å². The van der Waals surface area contributed by atoms with E-state index in [1.54, 1.807) is 18.2 Å². The number of nitrogens with zero attached hydrogens (tertiary/aromatic N) is 2. The maximum atomic E-state index is 12.4. The number of non-ortho nitro benzene ring substituents is 1. The van der Waals surface area contributed by atoms with Gasteiger partial charge in [-0.15, -0.1) is 0 Å². The highest BCUT2D eigenvalue weighted by molar-refractivity contribution is 7.87. The summed E-state index contributed by atoms with van der Waals surface area (Å²) >= 11 is 5.88. The molecule has 33 heavy (non-hydrogen) atoms. The SMILES string of the molecule is N#C/C(=C\c1ccc(OS(=O)(=O)c2ccc([N+](=O)[O-])cc2)cc1)C(=O)Nc1cccc(Cl)c1. The van der Waals surface area contributed by atoms with E-state index >= 15 is 0 Å². The largest absolute Gasteiger partial charge is 0.379 e. The van der Waals surface area contributed by atoms with Gasteiger partial charge in [0.2, 0.25) is 0 Å². The Morgan fingerprint density at radius 1 is 1.09 bits per heavy atom. The van der Waals surface area contributed by atoms with Crippen LogP contribution in [0.3, 0.4) is 0 Å². The molecule has 3 aromatic rings. The Hall–Kier alpha value is -4.20. The van der Waals surface area contributed by atoms with Crippen molar-refractivity contribution in [2.75, 3.05) is 5.32 Å². The number of halogens is 1. The molecule has 0 unspecified atom stereocenters. The highest BCUT2D eigenvalue weighted by Gasteiger charge is 2.18. The van der Waals surface area contributed by atoms with Gasteiger partial charge in [-0.05, 0) is 54.1 Å². The second-order valence-corrected chi connectivity index (χ2v) is 8.47. The molecule has 0 saturated heterocycles. The highest BCUT2D eigenvalue weighted by Crippen LogP contribution is 2.22. The summed E-state index contributed by atoms with van der Waals surface area (Å²) in [6, 6.07) is 18.1. The number of nitro benzene ring substituents is 1. The van der Waals surface area contributed by atoms with E-state index in [1.807, 2.05) is 6.07 Å². The Balaban J connectivity index is 1.73. The number of hydrogen-bond acceptors (Lipinski definition) is 7. The minimum Gasteiger partial charge on any atom is -0.379 e. The van der Waals surface area contributed by atoms with Gasteiger partial charge in [0, 0.05) is 22.8 Å². The maximum Gasteiger partial charge on any atom is 0.339 e. The normalized spacial score (nSPS) is 11.3. The smallest absolute Gasteiger partial charge is 0.339 e. The predicted octanol–water partition coefficient (Wildman–Crippen LogP) is 4.56. The first-order valence-corrected chi connectivity index (χ1v) is 10.9. The van der Waals surface area contributed by atoms with Crippen LogP contribution in [0.25, 0.3) is 6.08 Å². The molecule has 0 spiro atoms. The molecule has 11 heteroatoms. The van der Waals surface area contributed by atoms with Gasteiger partial charge in [0.1, 0.15) is 22.3 Å². The molecule has 0 heterocycles. The number of nitro groups is 1. The van der Waals surface area contributed by atoms with Gasteiger partial charge in [-0.25, -0.2) is 0 Å². The standard InChI is InChI=1S/C22H14ClN3O6S/c23-17-2-1-3-18(13-17)25-22(27)16(14-24)12-15-4-8-20(9-5-15)32-33(30,31)21-10-6-19(7-11-21)26(28)29/h1-13H,(H,25,27)/b16-12+. The first kappa shape index (κ1) is 23.5. The predicted molar refractivity (Wildman–Crippen MR) is 121 cm³/mol. The Kier molecular flexibility index (Phi) is 7.07. The van der Waals surface area contributed by atoms with Crippen LogP contribution in [0.4, 0.5) is 11.4 Å². The number of carbonyl (C=O) groups is 1. The number of nitrogens with one attached hydrogen (secondary N) is 1. The molecule has 0 aromatic heterocycles. The van der Waals surface area contributed by atoms with Crippen LogP contribution < -0.4 is 9.50 Å². The second-order valence-electron chi connectivity index (χ2n) is 6.49. The lowest BCUT2D eigenvalue weighted by atomic mass is 10.1. The first-order valence-electron chi connectivity index (χ1n) is 9.16. The van der Waals surface area contributed by atoms with E-state index in [0.29, 0.717) is 16.3 Å². The van der Waals surface area contributed by atoms with E-state index < -0.39 is 20.9 Å². The first-order chi connectivity index (χ1) is 15.7. The van der Waals surface area contributed by atoms with Gasteiger partial charge in [0.05, 0.1) is 4.92 Å². The molecule has 0 aliphatic heterocycles. The van der Waals surface area contributed by atoms with Gasteiger partial charge in [-0.2, -0.15) is 13.7 Å². The van der Waals surface area contributed by atoms with Crippen molar-refractivity contribution in [2.24, 2.45) is 0 Å². The molecule has 3 aromatic carbocycles. The average Bonchev–Trinajstić information content (AvgIpc) is 2.78. The summed E-state index contributed by atoms with van der Waals surface area (Å²) in [5.74, 6) is -0.659. The quantitative estimate of drug-likeness (QED) is 0.171. The number of benzene rings is 3. The van der Waals surface area contributed by atoms with Crippen molar-refractivity contribution in [1.82, 2.24) is 0 Å². The van der Waals surface area contributed by atoms with E-state index in [4.69, 9.17) is 15.8 Å². The number of amides is 1. The molecule has 0 saturated carbocycles. The van der Waals surface area contributed by atoms with E-state index in [-0.39, 0.29) is 21.9 Å². The van der Waals surface area contributed by atoms with Gasteiger partial charge in [-0.3, -0.25) is 14.9 Å². The van der Waals surface area contributed by atoms with Gasteiger partial charge in [0.15, 0.2) is 0 Å². The van der Waals surface area contributed by atoms with Gasteiger partial charge < -0.3 is 9.50 Å². The molecular formula is C22H14ClN3O6S. The van der Waals surface area contributed by atoms with Crippen molar-refractivity contribution in [2.45, 2.75) is 4.90 Å². The molecular weight excluding hydrogens is 470 g/mol. The third kappa shape index (κ3) is 6.16. The molecule has 3 rings (SSSR count). The number of rotatable bonds is 7. The lowest BCUT2D eigenvalue weighted by Crippen LogP contribution is -2.13. The fraction of sp³-hybridized carbons (Fsp3) is 0. The zero-order chi connectivity index (χ0) is 24.0. The third-order valence-corrected chi connectivity index (χ3v) is 5.68. The van der Waals surface area contributed by atoms with Crippen molar-refractivity contribution in [1.29, 1.82) is 5.26 Å². The fourth-order valence-electron chi connectivity index (χ4n) is 2.61. The molecule has 0 aliphatic rings. The lowest BCUT2D eigenvalue weighted by molar-refractivity contribution is -0.384. The van der Waals surface area contributed by atoms with E-state index in [2.05, 4.69) is 5.32 Å². The molecule has 0 bridgehead atoms. The Morgan fingerprint density at radius 3 is 2.33 bits per heavy atom. The Bertz CT molecular complexity index is 1380. The maximum absolute atomic E-state index is 12.4. The highest BCUT2D eigenvalue weighted by atomic mass is 35.5. The van der Waals surface area contributed by atoms with Gasteiger partial charge in [-0.1, -0.05) is 29.8 Å². The molecule has 0 atom stereocenters. The third-order valence-electron chi connectivity index (χ3n) is 4.18. The molecule has 0 radical (unpaired) electrons. The van der Waals surface area contributed by atoms with Crippen LogP contribution in [0.2, 0.25) is 5.02 Å². The summed E-state index contributed by atoms with van der Waals surface area (Å²) in [5.41, 5.74) is 0.446. The van der Waals surface area contributed by atoms with Crippen LogP contribution in [-0.4, -0.2) is 19.2 Å². The molecule has 166 valence electrons. The van der Waals surface area contributed by atoms with Gasteiger partial charge in [0.25, 0.3) is 11.6 Å². The summed E-state index contributed by atoms with van der Waals surface area (Å²) in [6.07, 6.45) is 1.33. The average molecular weight is 484 g/mol. The molecule has 1 N–H and O–H groups in total. The summed E-state index contributed by atoms with van der Waals surface area (Å²) in [6.45, 7) is 0. The van der Waals surface area contributed by atoms with Crippen LogP contribution in [0.15, 0.2) is 83.3 Å². The van der Waals surface area contributed by atoms with Crippen molar-refractivity contribution in [3.8, 4) is 11.8 Å². The summed E-state index contributed by atoms with van der Waals surface area (Å²) < 4.78 is 29.8. The second kappa shape index (κ2) is 9.95. The topological polar surface area (TPSA) is 139 Å². The summed E-state index contributed by atoms with van der Waals surface area (Å²) in [7, 11) is -4.21. The van der Waals surface area contributed by atoms with Crippen molar-refractivity contribution in [3.05, 3.63) is 99.1 Å². The lowest BCUT2D eigenvalue weighted by Gasteiger charge is -2.07. The molecule has 0 fully saturated rings. The molecule has 9 nitrogen and oxygen atoms in total. The number of hydrogen-bond donors (Lipinski definition) is 1. The van der Waals surface area contributed by atoms with Crippen molar-refractivity contribution >= 4 is 45.1 Å². The monoisotopic (exact) mass is 483 g/mol. The van der Waals surface area contributed by atoms with E-state index in [1.165, 1.54) is 36.4 Å². The number of carbonyl (C=O) groups excluding carboxylic acids is 1. The van der Waals surface area contributed by atoms with Crippen molar-refractivity contribution < 1.29 is 22.3 Å². The van der Waals surface area contributed by atoms with Gasteiger partial charge >= 0.3 is 10.1 Å². The molecule has 0 aliphatic carbocycles. The molecule has 1 amide bonds. The number of anilines is 1. The minimum atomic E-state index is -4.21. The van der Waals surface area contributed by atoms with Crippen LogP contribution >= 0.6 is 11.6 Å². The number of nitriles is 1.